The third-order valence-electron chi connectivity index (χ3n) is 3.70. The van der Waals surface area contributed by atoms with E-state index in [1.807, 2.05) is 29.2 Å². The van der Waals surface area contributed by atoms with Crippen molar-refractivity contribution in [1.82, 2.24) is 15.2 Å². The molecule has 0 unspecified atom stereocenters. The Kier molecular flexibility index (Phi) is 4.93. The van der Waals surface area contributed by atoms with Crippen molar-refractivity contribution in [3.8, 4) is 0 Å². The molecule has 1 aliphatic rings. The maximum absolute atomic E-state index is 12.0. The number of halogens is 1. The van der Waals surface area contributed by atoms with Gasteiger partial charge in [-0.2, -0.15) is 0 Å². The van der Waals surface area contributed by atoms with E-state index in [1.54, 1.807) is 5.38 Å². The van der Waals surface area contributed by atoms with Gasteiger partial charge in [0.25, 0.3) is 5.91 Å². The molecule has 1 aromatic carbocycles. The zero-order chi connectivity index (χ0) is 16.2. The van der Waals surface area contributed by atoms with Gasteiger partial charge >= 0.3 is 0 Å². The summed E-state index contributed by atoms with van der Waals surface area (Å²) in [4.78, 5) is 29.5. The van der Waals surface area contributed by atoms with Gasteiger partial charge in [0, 0.05) is 31.4 Å². The molecule has 0 saturated carbocycles. The number of amides is 2. The minimum atomic E-state index is -0.242. The second-order valence-corrected chi connectivity index (χ2v) is 6.85. The van der Waals surface area contributed by atoms with Crippen molar-refractivity contribution in [2.45, 2.75) is 25.9 Å². The Morgan fingerprint density at radius 2 is 2.22 bits per heavy atom. The molecule has 0 atom stereocenters. The molecule has 0 spiro atoms. The number of rotatable bonds is 5. The van der Waals surface area contributed by atoms with Crippen LogP contribution in [0, 0.1) is 0 Å². The van der Waals surface area contributed by atoms with Crippen LogP contribution in [0.3, 0.4) is 0 Å². The molecule has 0 aliphatic carbocycles. The smallest absolute Gasteiger partial charge is 0.271 e. The standard InChI is InChI=1S/C16H16ClN3O2S/c17-16-19-13(10-23-16)15(22)18-8-11-3-1-4-12(7-11)9-20-6-2-5-14(20)21/h1,3-4,7,10H,2,5-6,8-9H2,(H,18,22). The number of hydrogen-bond acceptors (Lipinski definition) is 4. The van der Waals surface area contributed by atoms with Gasteiger partial charge in [0.05, 0.1) is 0 Å². The highest BCUT2D eigenvalue weighted by molar-refractivity contribution is 7.14. The van der Waals surface area contributed by atoms with Gasteiger partial charge in [0.15, 0.2) is 4.47 Å². The zero-order valence-corrected chi connectivity index (χ0v) is 14.0. The first-order valence-corrected chi connectivity index (χ1v) is 8.62. The van der Waals surface area contributed by atoms with Gasteiger partial charge in [-0.15, -0.1) is 11.3 Å². The molecule has 0 bridgehead atoms. The first-order chi connectivity index (χ1) is 11.1. The Morgan fingerprint density at radius 3 is 2.91 bits per heavy atom. The van der Waals surface area contributed by atoms with E-state index in [1.165, 1.54) is 11.3 Å². The number of nitrogens with one attached hydrogen (secondary N) is 1. The zero-order valence-electron chi connectivity index (χ0n) is 12.4. The lowest BCUT2D eigenvalue weighted by atomic mass is 10.1. The quantitative estimate of drug-likeness (QED) is 0.902. The molecule has 2 aromatic rings. The Bertz CT molecular complexity index is 732. The maximum Gasteiger partial charge on any atom is 0.271 e. The van der Waals surface area contributed by atoms with Gasteiger partial charge in [0.1, 0.15) is 5.69 Å². The van der Waals surface area contributed by atoms with Crippen LogP contribution in [0.15, 0.2) is 29.6 Å². The number of nitrogens with zero attached hydrogens (tertiary/aromatic N) is 2. The molecule has 1 aliphatic heterocycles. The molecule has 3 rings (SSSR count). The monoisotopic (exact) mass is 349 g/mol. The summed E-state index contributed by atoms with van der Waals surface area (Å²) in [5, 5.41) is 4.46. The summed E-state index contributed by atoms with van der Waals surface area (Å²) in [5.41, 5.74) is 2.39. The lowest BCUT2D eigenvalue weighted by Crippen LogP contribution is -2.24. The van der Waals surface area contributed by atoms with E-state index in [4.69, 9.17) is 11.6 Å². The molecule has 2 amide bonds. The van der Waals surface area contributed by atoms with E-state index in [9.17, 15) is 9.59 Å². The van der Waals surface area contributed by atoms with E-state index >= 15 is 0 Å². The average molecular weight is 350 g/mol. The normalized spacial score (nSPS) is 14.3. The molecule has 120 valence electrons. The summed E-state index contributed by atoms with van der Waals surface area (Å²) in [7, 11) is 0. The minimum absolute atomic E-state index is 0.212. The lowest BCUT2D eigenvalue weighted by molar-refractivity contribution is -0.128. The molecule has 5 nitrogen and oxygen atoms in total. The van der Waals surface area contributed by atoms with Gasteiger partial charge < -0.3 is 10.2 Å². The summed E-state index contributed by atoms with van der Waals surface area (Å²) in [6.07, 6.45) is 1.58. The summed E-state index contributed by atoms with van der Waals surface area (Å²) in [6, 6.07) is 7.90. The van der Waals surface area contributed by atoms with Crippen LogP contribution in [-0.2, 0) is 17.9 Å². The Labute approximate surface area is 143 Å². The van der Waals surface area contributed by atoms with Crippen LogP contribution in [-0.4, -0.2) is 28.2 Å². The second-order valence-electron chi connectivity index (χ2n) is 5.41. The van der Waals surface area contributed by atoms with Gasteiger partial charge in [-0.3, -0.25) is 9.59 Å². The highest BCUT2D eigenvalue weighted by Gasteiger charge is 2.20. The van der Waals surface area contributed by atoms with Crippen LogP contribution in [0.5, 0.6) is 0 Å². The highest BCUT2D eigenvalue weighted by Crippen LogP contribution is 2.16. The van der Waals surface area contributed by atoms with Crippen LogP contribution in [0.25, 0.3) is 0 Å². The van der Waals surface area contributed by atoms with Crippen molar-refractivity contribution in [3.05, 3.63) is 50.9 Å². The van der Waals surface area contributed by atoms with Gasteiger partial charge in [-0.05, 0) is 17.5 Å². The third-order valence-corrected chi connectivity index (χ3v) is 4.68. The average Bonchev–Trinajstić information content (AvgIpc) is 3.15. The van der Waals surface area contributed by atoms with Crippen LogP contribution in [0.2, 0.25) is 4.47 Å². The van der Waals surface area contributed by atoms with Crippen molar-refractivity contribution in [2.75, 3.05) is 6.54 Å². The van der Waals surface area contributed by atoms with Crippen molar-refractivity contribution in [2.24, 2.45) is 0 Å². The second kappa shape index (κ2) is 7.10. The predicted octanol–water partition coefficient (Wildman–Crippen LogP) is 2.85. The fraction of sp³-hybridized carbons (Fsp3) is 0.312. The lowest BCUT2D eigenvalue weighted by Gasteiger charge is -2.16. The molecule has 1 aromatic heterocycles. The maximum atomic E-state index is 12.0. The van der Waals surface area contributed by atoms with Crippen LogP contribution >= 0.6 is 22.9 Å². The number of likely N-dealkylation sites (tertiary alicyclic amines) is 1. The predicted molar refractivity (Wildman–Crippen MR) is 89.4 cm³/mol. The van der Waals surface area contributed by atoms with Gasteiger partial charge in [-0.25, -0.2) is 4.98 Å². The molecule has 1 N–H and O–H groups in total. The van der Waals surface area contributed by atoms with E-state index in [0.717, 1.165) is 24.1 Å². The fourth-order valence-electron chi connectivity index (χ4n) is 2.56. The topological polar surface area (TPSA) is 62.3 Å². The van der Waals surface area contributed by atoms with Crippen LogP contribution in [0.4, 0.5) is 0 Å². The van der Waals surface area contributed by atoms with Crippen LogP contribution in [0.1, 0.15) is 34.5 Å². The van der Waals surface area contributed by atoms with Crippen molar-refractivity contribution in [1.29, 1.82) is 0 Å². The van der Waals surface area contributed by atoms with Crippen molar-refractivity contribution in [3.63, 3.8) is 0 Å². The molecule has 1 fully saturated rings. The number of hydrogen-bond donors (Lipinski definition) is 1. The summed E-state index contributed by atoms with van der Waals surface area (Å²) in [6.45, 7) is 1.86. The van der Waals surface area contributed by atoms with E-state index in [-0.39, 0.29) is 11.8 Å². The first-order valence-electron chi connectivity index (χ1n) is 7.36. The summed E-state index contributed by atoms with van der Waals surface area (Å²) in [5.74, 6) is -0.0302. The van der Waals surface area contributed by atoms with E-state index < -0.39 is 0 Å². The number of benzene rings is 1. The largest absolute Gasteiger partial charge is 0.347 e. The Balaban J connectivity index is 1.59. The molecular formula is C16H16ClN3O2S. The molecule has 23 heavy (non-hydrogen) atoms. The van der Waals surface area contributed by atoms with E-state index in [0.29, 0.717) is 29.7 Å². The number of aromatic nitrogens is 1. The fourth-order valence-corrected chi connectivity index (χ4v) is 3.30. The molecule has 0 radical (unpaired) electrons. The first kappa shape index (κ1) is 16.0. The third kappa shape index (κ3) is 4.09. The van der Waals surface area contributed by atoms with E-state index in [2.05, 4.69) is 10.3 Å². The number of carbonyl (C=O) groups is 2. The minimum Gasteiger partial charge on any atom is -0.347 e. The Hall–Kier alpha value is -1.92. The molecular weight excluding hydrogens is 334 g/mol. The van der Waals surface area contributed by atoms with Gasteiger partial charge in [0.2, 0.25) is 5.91 Å². The van der Waals surface area contributed by atoms with Gasteiger partial charge in [-0.1, -0.05) is 35.9 Å². The molecule has 7 heteroatoms. The summed E-state index contributed by atoms with van der Waals surface area (Å²) >= 11 is 6.96. The molecule has 1 saturated heterocycles. The van der Waals surface area contributed by atoms with Crippen LogP contribution < -0.4 is 5.32 Å². The molecule has 2 heterocycles. The summed E-state index contributed by atoms with van der Waals surface area (Å²) < 4.78 is 0.354. The highest BCUT2D eigenvalue weighted by atomic mass is 35.5. The Morgan fingerprint density at radius 1 is 1.39 bits per heavy atom. The van der Waals surface area contributed by atoms with Crippen molar-refractivity contribution < 1.29 is 9.59 Å². The number of thiazole rings is 1. The number of carbonyl (C=O) groups excluding carboxylic acids is 2. The SMILES string of the molecule is O=C(NCc1cccc(CN2CCCC2=O)c1)c1csc(Cl)n1. The van der Waals surface area contributed by atoms with Crippen molar-refractivity contribution >= 4 is 34.8 Å².